The Labute approximate surface area is 177 Å². The lowest BCUT2D eigenvalue weighted by Gasteiger charge is -2.27. The van der Waals surface area contributed by atoms with Crippen LogP contribution in [0.2, 0.25) is 0 Å². The number of nitrogens with one attached hydrogen (secondary N) is 1. The first-order valence-electron chi connectivity index (χ1n) is 8.89. The average Bonchev–Trinajstić information content (AvgIpc) is 3.25. The number of benzene rings is 1. The highest BCUT2D eigenvalue weighted by Crippen LogP contribution is 2.44. The standard InChI is InChI=1S/C21H20BrN3S2/c1-13(2)14-6-8-16(9-7-14)25-20(18-11-15(22)12-27-18)19(24-21(25)26)17-5-3-4-10-23-17/h3-13,19-20H,1-2H3,(H,24,26)/t19-,20-/m0/s1. The van der Waals surface area contributed by atoms with Crippen molar-refractivity contribution in [3.05, 3.63) is 80.7 Å². The molecule has 3 nitrogen and oxygen atoms in total. The van der Waals surface area contributed by atoms with Crippen molar-refractivity contribution in [1.82, 2.24) is 10.3 Å². The highest BCUT2D eigenvalue weighted by molar-refractivity contribution is 9.10. The van der Waals surface area contributed by atoms with Gasteiger partial charge in [0.25, 0.3) is 0 Å². The Morgan fingerprint density at radius 3 is 2.56 bits per heavy atom. The zero-order valence-corrected chi connectivity index (χ0v) is 18.3. The number of thiocarbonyl (C=S) groups is 1. The zero-order chi connectivity index (χ0) is 19.0. The first-order valence-corrected chi connectivity index (χ1v) is 11.0. The lowest BCUT2D eigenvalue weighted by molar-refractivity contribution is 0.575. The van der Waals surface area contributed by atoms with Crippen LogP contribution in [0, 0.1) is 0 Å². The van der Waals surface area contributed by atoms with Gasteiger partial charge in [0.15, 0.2) is 5.11 Å². The molecular weight excluding hydrogens is 438 g/mol. The molecule has 0 amide bonds. The number of nitrogens with zero attached hydrogens (tertiary/aromatic N) is 2. The number of hydrogen-bond acceptors (Lipinski definition) is 3. The summed E-state index contributed by atoms with van der Waals surface area (Å²) < 4.78 is 1.09. The number of halogens is 1. The van der Waals surface area contributed by atoms with Crippen molar-refractivity contribution >= 4 is 50.3 Å². The summed E-state index contributed by atoms with van der Waals surface area (Å²) >= 11 is 11.1. The molecule has 1 aliphatic heterocycles. The van der Waals surface area contributed by atoms with Crippen molar-refractivity contribution in [2.45, 2.75) is 31.8 Å². The van der Waals surface area contributed by atoms with Crippen molar-refractivity contribution in [2.24, 2.45) is 0 Å². The molecule has 3 heterocycles. The van der Waals surface area contributed by atoms with Gasteiger partial charge in [-0.15, -0.1) is 11.3 Å². The van der Waals surface area contributed by atoms with Crippen LogP contribution in [-0.2, 0) is 0 Å². The Bertz CT molecular complexity index is 938. The van der Waals surface area contributed by atoms with Crippen LogP contribution in [-0.4, -0.2) is 10.1 Å². The molecule has 0 saturated carbocycles. The van der Waals surface area contributed by atoms with E-state index in [1.165, 1.54) is 10.4 Å². The monoisotopic (exact) mass is 457 g/mol. The largest absolute Gasteiger partial charge is 0.351 e. The number of anilines is 1. The van der Waals surface area contributed by atoms with Crippen molar-refractivity contribution in [2.75, 3.05) is 4.90 Å². The lowest BCUT2D eigenvalue weighted by Crippen LogP contribution is -2.29. The van der Waals surface area contributed by atoms with Gasteiger partial charge in [0.2, 0.25) is 0 Å². The molecular formula is C21H20BrN3S2. The summed E-state index contributed by atoms with van der Waals surface area (Å²) in [6.07, 6.45) is 1.83. The number of hydrogen-bond donors (Lipinski definition) is 1. The van der Waals surface area contributed by atoms with E-state index in [2.05, 4.69) is 86.8 Å². The zero-order valence-electron chi connectivity index (χ0n) is 15.1. The van der Waals surface area contributed by atoms with E-state index in [9.17, 15) is 0 Å². The summed E-state index contributed by atoms with van der Waals surface area (Å²) in [7, 11) is 0. The second-order valence-electron chi connectivity index (χ2n) is 6.91. The van der Waals surface area contributed by atoms with Crippen molar-refractivity contribution in [3.8, 4) is 0 Å². The van der Waals surface area contributed by atoms with Crippen molar-refractivity contribution in [3.63, 3.8) is 0 Å². The molecule has 1 aromatic carbocycles. The van der Waals surface area contributed by atoms with Gasteiger partial charge in [-0.25, -0.2) is 0 Å². The maximum atomic E-state index is 5.75. The minimum absolute atomic E-state index is 0.00836. The highest BCUT2D eigenvalue weighted by atomic mass is 79.9. The van der Waals surface area contributed by atoms with E-state index in [-0.39, 0.29) is 12.1 Å². The van der Waals surface area contributed by atoms with Gasteiger partial charge >= 0.3 is 0 Å². The molecule has 4 rings (SSSR count). The van der Waals surface area contributed by atoms with Gasteiger partial charge in [-0.1, -0.05) is 32.0 Å². The molecule has 0 bridgehead atoms. The second kappa shape index (κ2) is 7.70. The molecule has 1 aliphatic rings. The van der Waals surface area contributed by atoms with E-state index >= 15 is 0 Å². The smallest absolute Gasteiger partial charge is 0.174 e. The fourth-order valence-corrected chi connectivity index (χ4v) is 5.34. The summed E-state index contributed by atoms with van der Waals surface area (Å²) in [6.45, 7) is 4.42. The van der Waals surface area contributed by atoms with Crippen LogP contribution in [0.5, 0.6) is 0 Å². The summed E-state index contributed by atoms with van der Waals surface area (Å²) in [5, 5.41) is 6.35. The van der Waals surface area contributed by atoms with Crippen molar-refractivity contribution in [1.29, 1.82) is 0 Å². The molecule has 0 unspecified atom stereocenters. The third-order valence-electron chi connectivity index (χ3n) is 4.82. The first-order chi connectivity index (χ1) is 13.0. The molecule has 6 heteroatoms. The first kappa shape index (κ1) is 18.6. The molecule has 2 atom stereocenters. The van der Waals surface area contributed by atoms with Crippen LogP contribution in [0.1, 0.15) is 48.0 Å². The van der Waals surface area contributed by atoms with Crippen LogP contribution >= 0.6 is 39.5 Å². The van der Waals surface area contributed by atoms with Gasteiger partial charge in [-0.2, -0.15) is 0 Å². The van der Waals surface area contributed by atoms with E-state index in [1.807, 2.05) is 18.3 Å². The molecule has 27 heavy (non-hydrogen) atoms. The number of rotatable bonds is 4. The minimum Gasteiger partial charge on any atom is -0.351 e. The minimum atomic E-state index is 0.00836. The summed E-state index contributed by atoms with van der Waals surface area (Å²) in [5.41, 5.74) is 3.43. The van der Waals surface area contributed by atoms with E-state index in [4.69, 9.17) is 12.2 Å². The molecule has 0 radical (unpaired) electrons. The number of pyridine rings is 1. The van der Waals surface area contributed by atoms with Crippen LogP contribution < -0.4 is 10.2 Å². The highest BCUT2D eigenvalue weighted by Gasteiger charge is 2.41. The fraction of sp³-hybridized carbons (Fsp3) is 0.238. The number of thiophene rings is 1. The Morgan fingerprint density at radius 2 is 1.96 bits per heavy atom. The van der Waals surface area contributed by atoms with E-state index < -0.39 is 0 Å². The van der Waals surface area contributed by atoms with Gasteiger partial charge in [-0.3, -0.25) is 4.98 Å². The van der Waals surface area contributed by atoms with Crippen LogP contribution in [0.15, 0.2) is 64.6 Å². The van der Waals surface area contributed by atoms with Gasteiger partial charge in [0.05, 0.1) is 17.8 Å². The van der Waals surface area contributed by atoms with Gasteiger partial charge < -0.3 is 10.2 Å². The Hall–Kier alpha value is -1.76. The summed E-state index contributed by atoms with van der Waals surface area (Å²) in [5.74, 6) is 0.507. The maximum absolute atomic E-state index is 5.75. The average molecular weight is 458 g/mol. The third kappa shape index (κ3) is 3.66. The number of aromatic nitrogens is 1. The molecule has 3 aromatic rings. The normalized spacial score (nSPS) is 19.6. The third-order valence-corrected chi connectivity index (χ3v) is 6.89. The van der Waals surface area contributed by atoms with Crippen molar-refractivity contribution < 1.29 is 0 Å². The maximum Gasteiger partial charge on any atom is 0.174 e. The quantitative estimate of drug-likeness (QED) is 0.471. The van der Waals surface area contributed by atoms with E-state index in [0.717, 1.165) is 21.0 Å². The summed E-state index contributed by atoms with van der Waals surface area (Å²) in [4.78, 5) is 8.05. The predicted molar refractivity (Wildman–Crippen MR) is 120 cm³/mol. The van der Waals surface area contributed by atoms with Gasteiger partial charge in [0.1, 0.15) is 0 Å². The lowest BCUT2D eigenvalue weighted by atomic mass is 10.0. The van der Waals surface area contributed by atoms with Crippen LogP contribution in [0.4, 0.5) is 5.69 Å². The molecule has 1 fully saturated rings. The SMILES string of the molecule is CC(C)c1ccc(N2C(=S)N[C@@H](c3ccccn3)[C@@H]2c2cc(Br)cs2)cc1. The van der Waals surface area contributed by atoms with Crippen LogP contribution in [0.25, 0.3) is 0 Å². The van der Waals surface area contributed by atoms with Gasteiger partial charge in [-0.05, 0) is 70.0 Å². The Kier molecular flexibility index (Phi) is 5.30. The fourth-order valence-electron chi connectivity index (χ4n) is 3.43. The van der Waals surface area contributed by atoms with E-state index in [1.54, 1.807) is 11.3 Å². The van der Waals surface area contributed by atoms with Crippen LogP contribution in [0.3, 0.4) is 0 Å². The summed E-state index contributed by atoms with van der Waals surface area (Å²) in [6, 6.07) is 17.0. The topological polar surface area (TPSA) is 28.2 Å². The molecule has 1 saturated heterocycles. The van der Waals surface area contributed by atoms with Gasteiger partial charge in [0, 0.05) is 26.6 Å². The molecule has 138 valence electrons. The molecule has 1 N–H and O–H groups in total. The molecule has 2 aromatic heterocycles. The predicted octanol–water partition coefficient (Wildman–Crippen LogP) is 6.21. The molecule has 0 aliphatic carbocycles. The van der Waals surface area contributed by atoms with E-state index in [0.29, 0.717) is 5.92 Å². The molecule has 0 spiro atoms. The Balaban J connectivity index is 1.78. The second-order valence-corrected chi connectivity index (χ2v) is 9.16. The Morgan fingerprint density at radius 1 is 1.19 bits per heavy atom.